The van der Waals surface area contributed by atoms with Crippen molar-refractivity contribution in [3.63, 3.8) is 0 Å². The molecule has 0 saturated heterocycles. The van der Waals surface area contributed by atoms with Crippen molar-refractivity contribution in [1.82, 2.24) is 10.2 Å². The number of hydrogen-bond acceptors (Lipinski definition) is 14. The zero-order valence-corrected chi connectivity index (χ0v) is 36.3. The summed E-state index contributed by atoms with van der Waals surface area (Å²) < 4.78 is 29.5. The van der Waals surface area contributed by atoms with Gasteiger partial charge in [0, 0.05) is 69.9 Å². The smallest absolute Gasteiger partial charge is 0.316 e. The summed E-state index contributed by atoms with van der Waals surface area (Å²) in [5.74, 6) is -9.79. The second-order valence-corrected chi connectivity index (χ2v) is 17.0. The summed E-state index contributed by atoms with van der Waals surface area (Å²) in [6, 6.07) is 0. The molecule has 5 rings (SSSR count). The normalized spacial score (nSPS) is 31.4. The number of allylic oxidation sites excluding steroid dienone is 4. The Morgan fingerprint density at radius 1 is 0.898 bits per heavy atom. The zero-order chi connectivity index (χ0) is 44.6. The van der Waals surface area contributed by atoms with Crippen LogP contribution >= 0.6 is 0 Å². The van der Waals surface area contributed by atoms with Gasteiger partial charge < -0.3 is 44.1 Å². The summed E-state index contributed by atoms with van der Waals surface area (Å²) in [5, 5.41) is 25.4. The second-order valence-electron chi connectivity index (χ2n) is 17.0. The van der Waals surface area contributed by atoms with Crippen molar-refractivity contribution in [1.29, 1.82) is 0 Å². The van der Waals surface area contributed by atoms with Gasteiger partial charge in [-0.05, 0) is 40.7 Å². The lowest BCUT2D eigenvalue weighted by atomic mass is 9.78. The number of ketones is 3. The summed E-state index contributed by atoms with van der Waals surface area (Å²) >= 11 is 0. The van der Waals surface area contributed by atoms with E-state index in [0.717, 1.165) is 0 Å². The quantitative estimate of drug-likeness (QED) is 0.277. The fourth-order valence-corrected chi connectivity index (χ4v) is 7.46. The van der Waals surface area contributed by atoms with Crippen LogP contribution in [0.3, 0.4) is 0 Å². The third kappa shape index (κ3) is 9.07. The number of hydrogen-bond donors (Lipinski definition) is 3. The van der Waals surface area contributed by atoms with E-state index in [9.17, 15) is 39.0 Å². The number of aliphatic hydroxyl groups excluding tert-OH is 2. The van der Waals surface area contributed by atoms with Gasteiger partial charge in [0.15, 0.2) is 0 Å². The first-order valence-corrected chi connectivity index (χ1v) is 19.5. The van der Waals surface area contributed by atoms with E-state index in [2.05, 4.69) is 5.32 Å². The minimum atomic E-state index is -2.12. The molecule has 1 amide bonds. The molecule has 15 heteroatoms. The number of rotatable bonds is 4. The fourth-order valence-electron chi connectivity index (χ4n) is 7.46. The van der Waals surface area contributed by atoms with Gasteiger partial charge in [0.1, 0.15) is 29.0 Å². The summed E-state index contributed by atoms with van der Waals surface area (Å²) in [5.41, 5.74) is -2.61. The molecule has 0 fully saturated rings. The predicted molar refractivity (Wildman–Crippen MR) is 215 cm³/mol. The van der Waals surface area contributed by atoms with E-state index in [4.69, 9.17) is 23.7 Å². The lowest BCUT2D eigenvalue weighted by Crippen LogP contribution is -2.46. The van der Waals surface area contributed by atoms with Gasteiger partial charge in [-0.3, -0.25) is 28.8 Å². The van der Waals surface area contributed by atoms with E-state index in [1.54, 1.807) is 60.6 Å². The molecule has 5 bridgehead atoms. The Hall–Kier alpha value is -5.12. The monoisotopic (exact) mass is 822 g/mol. The Morgan fingerprint density at radius 2 is 1.53 bits per heavy atom. The molecule has 1 aromatic rings. The highest BCUT2D eigenvalue weighted by atomic mass is 16.7. The van der Waals surface area contributed by atoms with E-state index in [-0.39, 0.29) is 39.5 Å². The number of nitrogens with zero attached hydrogens (tertiary/aromatic N) is 1. The molecular formula is C44H58N2O13. The largest absolute Gasteiger partial charge is 0.462 e. The van der Waals surface area contributed by atoms with Crippen molar-refractivity contribution < 1.29 is 62.7 Å². The van der Waals surface area contributed by atoms with Gasteiger partial charge in [-0.15, -0.1) is 0 Å². The van der Waals surface area contributed by atoms with Crippen LogP contribution < -0.4 is 14.8 Å². The molecule has 59 heavy (non-hydrogen) atoms. The molecule has 0 radical (unpaired) electrons. The molecule has 9 atom stereocenters. The minimum Gasteiger partial charge on any atom is -0.462 e. The molecule has 15 nitrogen and oxygen atoms in total. The van der Waals surface area contributed by atoms with E-state index in [1.165, 1.54) is 72.2 Å². The van der Waals surface area contributed by atoms with Crippen LogP contribution in [0.15, 0.2) is 47.5 Å². The third-order valence-corrected chi connectivity index (χ3v) is 11.2. The van der Waals surface area contributed by atoms with Gasteiger partial charge in [0.05, 0.1) is 46.7 Å². The van der Waals surface area contributed by atoms with Gasteiger partial charge in [0.25, 0.3) is 11.7 Å². The molecule has 3 aliphatic heterocycles. The summed E-state index contributed by atoms with van der Waals surface area (Å²) in [6.07, 6.45) is 3.32. The van der Waals surface area contributed by atoms with Gasteiger partial charge >= 0.3 is 17.7 Å². The van der Waals surface area contributed by atoms with Crippen LogP contribution in [-0.4, -0.2) is 102 Å². The highest BCUT2D eigenvalue weighted by molar-refractivity contribution is 6.32. The topological polar surface area (TPSA) is 204 Å². The number of ether oxygens (including phenoxy) is 5. The summed E-state index contributed by atoms with van der Waals surface area (Å²) in [4.78, 5) is 84.7. The van der Waals surface area contributed by atoms with Gasteiger partial charge in [-0.1, -0.05) is 45.9 Å². The molecule has 0 aromatic heterocycles. The van der Waals surface area contributed by atoms with E-state index < -0.39 is 106 Å². The number of fused-ring (bicyclic) bond motifs is 14. The van der Waals surface area contributed by atoms with Crippen LogP contribution in [0.5, 0.6) is 11.5 Å². The lowest BCUT2D eigenvalue weighted by molar-refractivity contribution is -0.160. The van der Waals surface area contributed by atoms with Gasteiger partial charge in [-0.2, -0.15) is 0 Å². The highest BCUT2D eigenvalue weighted by Crippen LogP contribution is 2.49. The van der Waals surface area contributed by atoms with Crippen LogP contribution in [0.1, 0.15) is 106 Å². The number of methoxy groups -OCH3 is 1. The maximum Gasteiger partial charge on any atom is 0.316 e. The van der Waals surface area contributed by atoms with E-state index in [1.807, 2.05) is 0 Å². The number of carbonyl (C=O) groups is 6. The summed E-state index contributed by atoms with van der Waals surface area (Å²) in [7, 11) is 4.41. The van der Waals surface area contributed by atoms with Crippen molar-refractivity contribution in [3.05, 3.63) is 69.8 Å². The number of amides is 1. The van der Waals surface area contributed by atoms with Crippen molar-refractivity contribution >= 4 is 35.2 Å². The first-order valence-electron chi connectivity index (χ1n) is 19.5. The van der Waals surface area contributed by atoms with Crippen LogP contribution in [0, 0.1) is 36.0 Å². The molecule has 1 aromatic carbocycles. The van der Waals surface area contributed by atoms with E-state index >= 15 is 0 Å². The maximum absolute atomic E-state index is 14.7. The summed E-state index contributed by atoms with van der Waals surface area (Å²) in [6.45, 7) is 17.2. The Kier molecular flexibility index (Phi) is 13.9. The van der Waals surface area contributed by atoms with Crippen molar-refractivity contribution in [3.8, 4) is 11.5 Å². The van der Waals surface area contributed by atoms with Crippen molar-refractivity contribution in [2.75, 3.05) is 21.2 Å². The molecule has 3 N–H and O–H groups in total. The van der Waals surface area contributed by atoms with Crippen molar-refractivity contribution in [2.45, 2.75) is 106 Å². The number of aliphatic hydroxyl groups is 2. The standard InChI is InChI=1S/C44H58N2O13/c1-20-16-15-17-21(2)41(53)45-31-32(46(12)13)36(51)28-29(35(31)50)38(58-42(54)43(8,9)10)25(6)39-30(28)40(52)44(11,59-39)56-19-18-27(55-14)22(3)37(57-26(7)47)24(5)34(49)23(4)33(20)48/h15-20,22-24,27,33-34,37,48-49H,1-14H3,(H,45,53)/b16-15+,19-18+,21-17-/t20-,22+,23+,24-,27-,33-,34-,37+,44-/m0/s1. The number of esters is 2. The predicted octanol–water partition coefficient (Wildman–Crippen LogP) is 4.77. The SMILES string of the molecule is CO[C@H]1/C=C/O[C@@]2(C)Oc3c(C)c(OC(=O)C(C)(C)C)c4c(c3C2=O)C(=O)C(N(C)C)=C(NC(=O)/C(C)=C\C=C\[C@H](C)[C@H](O)[C@@H](C)[C@H](O)[C@H](C)[C@H](OC(C)=O)[C@@H]1C)C4=O. The second kappa shape index (κ2) is 17.6. The number of nitrogens with one attached hydrogen (secondary N) is 1. The molecule has 1 aliphatic carbocycles. The number of benzene rings is 1. The van der Waals surface area contributed by atoms with Crippen LogP contribution in [-0.2, 0) is 28.6 Å². The molecule has 0 unspecified atom stereocenters. The first-order chi connectivity index (χ1) is 27.3. The number of Topliss-reactive ketones (excluding diaryl/α,β-unsaturated/α-hetero) is 3. The third-order valence-electron chi connectivity index (χ3n) is 11.2. The van der Waals surface area contributed by atoms with Gasteiger partial charge in [0.2, 0.25) is 11.6 Å². The lowest BCUT2D eigenvalue weighted by Gasteiger charge is -2.38. The molecule has 322 valence electrons. The zero-order valence-electron chi connectivity index (χ0n) is 36.3. The average molecular weight is 823 g/mol. The Balaban J connectivity index is 1.99. The first kappa shape index (κ1) is 46.6. The van der Waals surface area contributed by atoms with Crippen LogP contribution in [0.4, 0.5) is 0 Å². The molecule has 3 heterocycles. The molecule has 0 saturated carbocycles. The number of likely N-dealkylation sites (N-methyl/N-ethyl adjacent to an activating group) is 1. The molecule has 4 aliphatic rings. The Labute approximate surface area is 345 Å². The molecular weight excluding hydrogens is 764 g/mol. The number of carbonyl (C=O) groups excluding carboxylic acids is 6. The Bertz CT molecular complexity index is 2040. The fraction of sp³-hybridized carbons (Fsp3) is 0.545. The van der Waals surface area contributed by atoms with Crippen molar-refractivity contribution in [2.24, 2.45) is 29.1 Å². The maximum atomic E-state index is 14.7. The highest BCUT2D eigenvalue weighted by Gasteiger charge is 2.53. The Morgan fingerprint density at radius 3 is 2.08 bits per heavy atom. The average Bonchev–Trinajstić information content (AvgIpc) is 3.42. The minimum absolute atomic E-state index is 0.0542. The van der Waals surface area contributed by atoms with Crippen LogP contribution in [0.2, 0.25) is 0 Å². The molecule has 0 spiro atoms. The van der Waals surface area contributed by atoms with E-state index in [0.29, 0.717) is 0 Å². The van der Waals surface area contributed by atoms with Gasteiger partial charge in [-0.25, -0.2) is 0 Å². The van der Waals surface area contributed by atoms with Crippen LogP contribution in [0.25, 0.3) is 0 Å².